The first-order valence-electron chi connectivity index (χ1n) is 6.23. The summed E-state index contributed by atoms with van der Waals surface area (Å²) in [4.78, 5) is 0. The smallest absolute Gasteiger partial charge is 0.123 e. The molecule has 0 saturated carbocycles. The van der Waals surface area contributed by atoms with Crippen LogP contribution in [0.2, 0.25) is 0 Å². The van der Waals surface area contributed by atoms with Crippen molar-refractivity contribution in [1.29, 1.82) is 5.26 Å². The lowest BCUT2D eigenvalue weighted by atomic mass is 10.1. The van der Waals surface area contributed by atoms with Gasteiger partial charge in [0, 0.05) is 23.9 Å². The summed E-state index contributed by atoms with van der Waals surface area (Å²) in [5.41, 5.74) is 1.74. The maximum Gasteiger partial charge on any atom is 0.123 e. The Morgan fingerprint density at radius 1 is 1.56 bits per heavy atom. The van der Waals surface area contributed by atoms with Gasteiger partial charge in [-0.3, -0.25) is 0 Å². The quantitative estimate of drug-likeness (QED) is 0.885. The monoisotopic (exact) mass is 262 g/mol. The van der Waals surface area contributed by atoms with Crippen LogP contribution in [0.5, 0.6) is 5.75 Å². The largest absolute Gasteiger partial charge is 0.496 e. The Morgan fingerprint density at radius 2 is 2.44 bits per heavy atom. The van der Waals surface area contributed by atoms with Crippen molar-refractivity contribution in [2.75, 3.05) is 19.4 Å². The van der Waals surface area contributed by atoms with E-state index in [0.29, 0.717) is 5.56 Å². The number of rotatable bonds is 5. The highest BCUT2D eigenvalue weighted by Crippen LogP contribution is 2.25. The molecule has 0 aliphatic carbocycles. The molecule has 1 N–H and O–H groups in total. The lowest BCUT2D eigenvalue weighted by Crippen LogP contribution is -2.22. The summed E-state index contributed by atoms with van der Waals surface area (Å²) in [6, 6.07) is 7.71. The normalized spacial score (nSPS) is 18.6. The lowest BCUT2D eigenvalue weighted by Gasteiger charge is -2.12. The van der Waals surface area contributed by atoms with Gasteiger partial charge >= 0.3 is 0 Å². The maximum absolute atomic E-state index is 8.91. The second-order valence-corrected chi connectivity index (χ2v) is 5.81. The molecule has 96 valence electrons. The highest BCUT2D eigenvalue weighted by molar-refractivity contribution is 8.00. The molecule has 0 bridgehead atoms. The second kappa shape index (κ2) is 6.67. The Hall–Kier alpha value is -1.18. The molecule has 1 unspecified atom stereocenters. The molecule has 1 heterocycles. The first-order chi connectivity index (χ1) is 8.83. The van der Waals surface area contributed by atoms with Gasteiger partial charge in [-0.15, -0.1) is 0 Å². The van der Waals surface area contributed by atoms with Gasteiger partial charge in [0.15, 0.2) is 0 Å². The second-order valence-electron chi connectivity index (χ2n) is 4.40. The molecule has 4 heteroatoms. The van der Waals surface area contributed by atoms with Crippen LogP contribution < -0.4 is 10.1 Å². The van der Waals surface area contributed by atoms with Gasteiger partial charge in [0.1, 0.15) is 5.75 Å². The van der Waals surface area contributed by atoms with Gasteiger partial charge in [-0.1, -0.05) is 0 Å². The maximum atomic E-state index is 8.91. The van der Waals surface area contributed by atoms with Crippen LogP contribution in [0.4, 0.5) is 0 Å². The van der Waals surface area contributed by atoms with Gasteiger partial charge < -0.3 is 10.1 Å². The number of nitriles is 1. The molecule has 1 aromatic carbocycles. The molecule has 1 saturated heterocycles. The molecule has 0 amide bonds. The summed E-state index contributed by atoms with van der Waals surface area (Å²) in [6.07, 6.45) is 2.65. The number of ether oxygens (including phenoxy) is 1. The number of hydrogen-bond acceptors (Lipinski definition) is 4. The minimum Gasteiger partial charge on any atom is -0.496 e. The Bertz CT molecular complexity index is 436. The number of hydrogen-bond donors (Lipinski definition) is 1. The molecular formula is C14H18N2OS. The van der Waals surface area contributed by atoms with Crippen LogP contribution in [0.3, 0.4) is 0 Å². The Labute approximate surface area is 113 Å². The summed E-state index contributed by atoms with van der Waals surface area (Å²) in [5, 5.41) is 13.1. The number of benzene rings is 1. The van der Waals surface area contributed by atoms with Gasteiger partial charge in [-0.25, -0.2) is 0 Å². The molecule has 18 heavy (non-hydrogen) atoms. The van der Waals surface area contributed by atoms with E-state index in [1.165, 1.54) is 18.6 Å². The fraction of sp³-hybridized carbons (Fsp3) is 0.500. The third kappa shape index (κ3) is 3.41. The SMILES string of the molecule is COc1ccc(C#N)cc1CNCC1CCCS1. The van der Waals surface area contributed by atoms with E-state index in [1.54, 1.807) is 13.2 Å². The standard InChI is InChI=1S/C14H18N2OS/c1-17-14-5-4-11(8-15)7-12(14)9-16-10-13-3-2-6-18-13/h4-5,7,13,16H,2-3,6,9-10H2,1H3. The van der Waals surface area contributed by atoms with Crippen molar-refractivity contribution in [1.82, 2.24) is 5.32 Å². The van der Waals surface area contributed by atoms with Gasteiger partial charge in [-0.2, -0.15) is 17.0 Å². The van der Waals surface area contributed by atoms with Crippen molar-refractivity contribution in [2.45, 2.75) is 24.6 Å². The van der Waals surface area contributed by atoms with E-state index >= 15 is 0 Å². The average Bonchev–Trinajstić information content (AvgIpc) is 2.92. The molecule has 1 atom stereocenters. The number of nitrogens with one attached hydrogen (secondary N) is 1. The van der Waals surface area contributed by atoms with Crippen molar-refractivity contribution in [3.05, 3.63) is 29.3 Å². The molecule has 0 spiro atoms. The van der Waals surface area contributed by atoms with E-state index in [4.69, 9.17) is 10.00 Å². The predicted octanol–water partition coefficient (Wildman–Crippen LogP) is 2.55. The Kier molecular flexibility index (Phi) is 4.91. The van der Waals surface area contributed by atoms with Gasteiger partial charge in [0.2, 0.25) is 0 Å². The third-order valence-electron chi connectivity index (χ3n) is 3.12. The summed E-state index contributed by atoms with van der Waals surface area (Å²) in [7, 11) is 1.66. The minimum absolute atomic E-state index is 0.683. The molecule has 0 radical (unpaired) electrons. The molecule has 1 aliphatic rings. The summed E-state index contributed by atoms with van der Waals surface area (Å²) in [6.45, 7) is 1.79. The van der Waals surface area contributed by atoms with E-state index in [-0.39, 0.29) is 0 Å². The number of thioether (sulfide) groups is 1. The minimum atomic E-state index is 0.683. The zero-order chi connectivity index (χ0) is 12.8. The van der Waals surface area contributed by atoms with Crippen molar-refractivity contribution in [3.63, 3.8) is 0 Å². The van der Waals surface area contributed by atoms with E-state index in [9.17, 15) is 0 Å². The molecule has 2 rings (SSSR count). The molecule has 1 fully saturated rings. The number of nitrogens with zero attached hydrogens (tertiary/aromatic N) is 1. The van der Waals surface area contributed by atoms with Gasteiger partial charge in [0.05, 0.1) is 18.7 Å². The molecule has 3 nitrogen and oxygen atoms in total. The Morgan fingerprint density at radius 3 is 3.11 bits per heavy atom. The van der Waals surface area contributed by atoms with E-state index < -0.39 is 0 Å². The summed E-state index contributed by atoms with van der Waals surface area (Å²) in [5.74, 6) is 2.14. The first-order valence-corrected chi connectivity index (χ1v) is 7.27. The van der Waals surface area contributed by atoms with Gasteiger partial charge in [0.25, 0.3) is 0 Å². The Balaban J connectivity index is 1.92. The van der Waals surface area contributed by atoms with Gasteiger partial charge in [-0.05, 0) is 36.8 Å². The highest BCUT2D eigenvalue weighted by Gasteiger charge is 2.15. The first kappa shape index (κ1) is 13.3. The van der Waals surface area contributed by atoms with Crippen molar-refractivity contribution in [2.24, 2.45) is 0 Å². The predicted molar refractivity (Wildman–Crippen MR) is 74.9 cm³/mol. The van der Waals surface area contributed by atoms with Crippen LogP contribution in [0, 0.1) is 11.3 Å². The molecule has 1 aromatic rings. The van der Waals surface area contributed by atoms with E-state index in [0.717, 1.165) is 29.7 Å². The average molecular weight is 262 g/mol. The van der Waals surface area contributed by atoms with E-state index in [1.807, 2.05) is 23.9 Å². The topological polar surface area (TPSA) is 45.0 Å². The summed E-state index contributed by atoms with van der Waals surface area (Å²) < 4.78 is 5.31. The lowest BCUT2D eigenvalue weighted by molar-refractivity contribution is 0.407. The summed E-state index contributed by atoms with van der Waals surface area (Å²) >= 11 is 2.05. The molecular weight excluding hydrogens is 244 g/mol. The van der Waals surface area contributed by atoms with Crippen LogP contribution in [-0.4, -0.2) is 24.7 Å². The van der Waals surface area contributed by atoms with Crippen molar-refractivity contribution < 1.29 is 4.74 Å². The van der Waals surface area contributed by atoms with Crippen LogP contribution in [0.15, 0.2) is 18.2 Å². The molecule has 0 aromatic heterocycles. The van der Waals surface area contributed by atoms with Crippen LogP contribution in [0.25, 0.3) is 0 Å². The zero-order valence-corrected chi connectivity index (χ0v) is 11.4. The fourth-order valence-corrected chi connectivity index (χ4v) is 3.40. The van der Waals surface area contributed by atoms with Crippen LogP contribution >= 0.6 is 11.8 Å². The molecule has 1 aliphatic heterocycles. The van der Waals surface area contributed by atoms with Crippen LogP contribution in [0.1, 0.15) is 24.0 Å². The highest BCUT2D eigenvalue weighted by atomic mass is 32.2. The van der Waals surface area contributed by atoms with Crippen LogP contribution in [-0.2, 0) is 6.54 Å². The van der Waals surface area contributed by atoms with E-state index in [2.05, 4.69) is 11.4 Å². The third-order valence-corrected chi connectivity index (χ3v) is 4.52. The fourth-order valence-electron chi connectivity index (χ4n) is 2.16. The van der Waals surface area contributed by atoms with Crippen molar-refractivity contribution >= 4 is 11.8 Å². The number of methoxy groups -OCH3 is 1. The zero-order valence-electron chi connectivity index (χ0n) is 10.6. The van der Waals surface area contributed by atoms with Crippen molar-refractivity contribution in [3.8, 4) is 11.8 Å².